The van der Waals surface area contributed by atoms with Gasteiger partial charge in [0.1, 0.15) is 12.4 Å². The zero-order valence-corrected chi connectivity index (χ0v) is 13.4. The molecule has 2 aromatic carbocycles. The Bertz CT molecular complexity index is 693. The van der Waals surface area contributed by atoms with E-state index in [0.717, 1.165) is 22.6 Å². The normalized spacial score (nSPS) is 10.9. The van der Waals surface area contributed by atoms with Gasteiger partial charge in [0, 0.05) is 0 Å². The second-order valence-electron chi connectivity index (χ2n) is 4.58. The number of nitrogens with zero attached hydrogens (tertiary/aromatic N) is 2. The third kappa shape index (κ3) is 4.54. The summed E-state index contributed by atoms with van der Waals surface area (Å²) < 4.78 is 5.79. The van der Waals surface area contributed by atoms with Gasteiger partial charge in [0.05, 0.1) is 5.69 Å². The van der Waals surface area contributed by atoms with Crippen molar-refractivity contribution in [1.29, 1.82) is 5.26 Å². The Kier molecular flexibility index (Phi) is 5.87. The van der Waals surface area contributed by atoms with E-state index in [1.165, 1.54) is 11.8 Å². The second kappa shape index (κ2) is 8.11. The molecule has 4 nitrogen and oxygen atoms in total. The van der Waals surface area contributed by atoms with Gasteiger partial charge in [-0.15, -0.1) is 0 Å². The summed E-state index contributed by atoms with van der Waals surface area (Å²) >= 11 is 1.39. The summed E-state index contributed by atoms with van der Waals surface area (Å²) in [5, 5.41) is 11.8. The molecule has 0 saturated carbocycles. The smallest absolute Gasteiger partial charge is 0.183 e. The van der Waals surface area contributed by atoms with Crippen molar-refractivity contribution in [3.05, 3.63) is 59.7 Å². The van der Waals surface area contributed by atoms with Gasteiger partial charge < -0.3 is 4.74 Å². The number of ether oxygens (including phenoxy) is 1. The van der Waals surface area contributed by atoms with Gasteiger partial charge in [-0.25, -0.2) is 4.99 Å². The predicted octanol–water partition coefficient (Wildman–Crippen LogP) is 4.00. The summed E-state index contributed by atoms with van der Waals surface area (Å²) in [5.74, 6) is 0.805. The van der Waals surface area contributed by atoms with Crippen LogP contribution in [0.3, 0.4) is 0 Å². The molecule has 0 aliphatic rings. The summed E-state index contributed by atoms with van der Waals surface area (Å²) in [5.41, 5.74) is 2.95. The van der Waals surface area contributed by atoms with E-state index >= 15 is 0 Å². The molecule has 0 atom stereocenters. The molecule has 0 heterocycles. The topological polar surface area (TPSA) is 57.4 Å². The Balaban J connectivity index is 2.08. The molecule has 112 valence electrons. The molecule has 0 aromatic heterocycles. The van der Waals surface area contributed by atoms with E-state index < -0.39 is 0 Å². The van der Waals surface area contributed by atoms with E-state index in [0.29, 0.717) is 11.8 Å². The van der Waals surface area contributed by atoms with Crippen LogP contribution in [0.25, 0.3) is 0 Å². The Morgan fingerprint density at radius 2 is 2.05 bits per heavy atom. The molecule has 0 fully saturated rings. The van der Waals surface area contributed by atoms with Gasteiger partial charge in [0.15, 0.2) is 11.4 Å². The Morgan fingerprint density at radius 1 is 1.27 bits per heavy atom. The van der Waals surface area contributed by atoms with Gasteiger partial charge in [-0.3, -0.25) is 5.32 Å². The highest BCUT2D eigenvalue weighted by Gasteiger charge is 2.03. The first-order valence-corrected chi connectivity index (χ1v) is 8.00. The average Bonchev–Trinajstić information content (AvgIpc) is 2.55. The number of aliphatic imine (C=N–C) groups is 1. The number of hydrogen-bond donors (Lipinski definition) is 1. The van der Waals surface area contributed by atoms with E-state index in [9.17, 15) is 0 Å². The molecule has 5 heteroatoms. The predicted molar refractivity (Wildman–Crippen MR) is 91.3 cm³/mol. The van der Waals surface area contributed by atoms with Crippen LogP contribution >= 0.6 is 11.8 Å². The van der Waals surface area contributed by atoms with Crippen molar-refractivity contribution < 1.29 is 4.74 Å². The fourth-order valence-electron chi connectivity index (χ4n) is 1.87. The summed E-state index contributed by atoms with van der Waals surface area (Å²) in [6, 6.07) is 15.8. The minimum atomic E-state index is 0.537. The van der Waals surface area contributed by atoms with Crippen molar-refractivity contribution in [2.45, 2.75) is 13.5 Å². The van der Waals surface area contributed by atoms with Gasteiger partial charge in [0.25, 0.3) is 0 Å². The molecule has 0 spiro atoms. The molecule has 1 N–H and O–H groups in total. The van der Waals surface area contributed by atoms with Crippen LogP contribution in [-0.4, -0.2) is 11.4 Å². The number of nitriles is 1. The van der Waals surface area contributed by atoms with Crippen molar-refractivity contribution in [2.75, 3.05) is 6.26 Å². The van der Waals surface area contributed by atoms with Crippen LogP contribution < -0.4 is 10.1 Å². The largest absolute Gasteiger partial charge is 0.489 e. The summed E-state index contributed by atoms with van der Waals surface area (Å²) in [6.07, 6.45) is 3.75. The maximum absolute atomic E-state index is 8.66. The monoisotopic (exact) mass is 311 g/mol. The van der Waals surface area contributed by atoms with Crippen molar-refractivity contribution in [1.82, 2.24) is 5.32 Å². The zero-order valence-electron chi connectivity index (χ0n) is 12.5. The maximum Gasteiger partial charge on any atom is 0.183 e. The SMILES string of the molecule is CSC(=Nc1ccc(OCc2ccccc2)cc1C)NC#N. The van der Waals surface area contributed by atoms with E-state index in [1.54, 1.807) is 0 Å². The number of rotatable bonds is 4. The van der Waals surface area contributed by atoms with Crippen LogP contribution in [0.5, 0.6) is 5.75 Å². The lowest BCUT2D eigenvalue weighted by Crippen LogP contribution is -2.12. The number of nitrogens with one attached hydrogen (secondary N) is 1. The molecular weight excluding hydrogens is 294 g/mol. The van der Waals surface area contributed by atoms with Crippen molar-refractivity contribution >= 4 is 22.6 Å². The van der Waals surface area contributed by atoms with E-state index in [1.807, 2.05) is 67.9 Å². The molecule has 0 radical (unpaired) electrons. The van der Waals surface area contributed by atoms with Crippen LogP contribution in [-0.2, 0) is 6.61 Å². The minimum Gasteiger partial charge on any atom is -0.489 e. The number of thioether (sulfide) groups is 1. The van der Waals surface area contributed by atoms with E-state index in [2.05, 4.69) is 10.3 Å². The van der Waals surface area contributed by atoms with Gasteiger partial charge >= 0.3 is 0 Å². The van der Waals surface area contributed by atoms with Crippen molar-refractivity contribution in [2.24, 2.45) is 4.99 Å². The average molecular weight is 311 g/mol. The molecule has 2 aromatic rings. The molecule has 0 amide bonds. The number of benzene rings is 2. The lowest BCUT2D eigenvalue weighted by atomic mass is 10.2. The molecular formula is C17H17N3OS. The van der Waals surface area contributed by atoms with Crippen LogP contribution in [0.1, 0.15) is 11.1 Å². The molecule has 0 aliphatic carbocycles. The fraction of sp³-hybridized carbons (Fsp3) is 0.176. The minimum absolute atomic E-state index is 0.537. The van der Waals surface area contributed by atoms with E-state index in [4.69, 9.17) is 10.00 Å². The number of hydrogen-bond acceptors (Lipinski definition) is 4. The lowest BCUT2D eigenvalue weighted by Gasteiger charge is -2.09. The summed E-state index contributed by atoms with van der Waals surface area (Å²) in [4.78, 5) is 4.42. The Morgan fingerprint density at radius 3 is 2.68 bits per heavy atom. The highest BCUT2D eigenvalue weighted by Crippen LogP contribution is 2.25. The zero-order chi connectivity index (χ0) is 15.8. The quantitative estimate of drug-likeness (QED) is 0.401. The molecule has 0 unspecified atom stereocenters. The van der Waals surface area contributed by atoms with Gasteiger partial charge in [-0.1, -0.05) is 42.1 Å². The fourth-order valence-corrected chi connectivity index (χ4v) is 2.20. The summed E-state index contributed by atoms with van der Waals surface area (Å²) in [7, 11) is 0. The summed E-state index contributed by atoms with van der Waals surface area (Å²) in [6.45, 7) is 2.51. The Hall–Kier alpha value is -2.45. The lowest BCUT2D eigenvalue weighted by molar-refractivity contribution is 0.306. The van der Waals surface area contributed by atoms with E-state index in [-0.39, 0.29) is 0 Å². The molecule has 0 saturated heterocycles. The first kappa shape index (κ1) is 15.9. The first-order valence-electron chi connectivity index (χ1n) is 6.78. The maximum atomic E-state index is 8.66. The molecule has 2 rings (SSSR count). The number of amidine groups is 1. The van der Waals surface area contributed by atoms with Crippen LogP contribution in [0.2, 0.25) is 0 Å². The number of aryl methyl sites for hydroxylation is 1. The standard InChI is InChI=1S/C17H17N3OS/c1-13-10-15(21-11-14-6-4-3-5-7-14)8-9-16(13)20-17(22-2)19-12-18/h3-10H,11H2,1-2H3,(H,19,20). The van der Waals surface area contributed by atoms with Gasteiger partial charge in [-0.05, 0) is 42.5 Å². The third-order valence-corrected chi connectivity index (χ3v) is 3.57. The van der Waals surface area contributed by atoms with Crippen LogP contribution in [0.15, 0.2) is 53.5 Å². The van der Waals surface area contributed by atoms with Crippen LogP contribution in [0, 0.1) is 18.4 Å². The molecule has 22 heavy (non-hydrogen) atoms. The highest BCUT2D eigenvalue weighted by atomic mass is 32.2. The molecule has 0 aliphatic heterocycles. The van der Waals surface area contributed by atoms with Gasteiger partial charge in [-0.2, -0.15) is 5.26 Å². The van der Waals surface area contributed by atoms with Crippen molar-refractivity contribution in [3.8, 4) is 11.9 Å². The highest BCUT2D eigenvalue weighted by molar-refractivity contribution is 8.13. The second-order valence-corrected chi connectivity index (χ2v) is 5.38. The van der Waals surface area contributed by atoms with Crippen LogP contribution in [0.4, 0.5) is 5.69 Å². The van der Waals surface area contributed by atoms with Gasteiger partial charge in [0.2, 0.25) is 0 Å². The third-order valence-electron chi connectivity index (χ3n) is 2.99. The Labute approximate surface area is 134 Å². The first-order chi connectivity index (χ1) is 10.7. The molecule has 0 bridgehead atoms. The van der Waals surface area contributed by atoms with Crippen molar-refractivity contribution in [3.63, 3.8) is 0 Å².